The minimum absolute atomic E-state index is 0.0282. The summed E-state index contributed by atoms with van der Waals surface area (Å²) in [6.45, 7) is 1.36. The Morgan fingerprint density at radius 1 is 1.20 bits per heavy atom. The van der Waals surface area contributed by atoms with E-state index in [2.05, 4.69) is 4.98 Å². The number of hydrogen-bond acceptors (Lipinski definition) is 2. The van der Waals surface area contributed by atoms with Crippen molar-refractivity contribution < 1.29 is 27.8 Å². The van der Waals surface area contributed by atoms with Gasteiger partial charge in [-0.05, 0) is 36.8 Å². The molecule has 0 aliphatic carbocycles. The molecule has 1 aromatic heterocycles. The molecular formula is C17H11ClF3NO3. The van der Waals surface area contributed by atoms with Crippen molar-refractivity contribution in [3.63, 3.8) is 0 Å². The number of carboxylic acid groups (broad SMARTS) is 1. The van der Waals surface area contributed by atoms with Gasteiger partial charge in [0.15, 0.2) is 0 Å². The number of aryl methyl sites for hydroxylation is 1. The van der Waals surface area contributed by atoms with E-state index in [-0.39, 0.29) is 27.8 Å². The summed E-state index contributed by atoms with van der Waals surface area (Å²) in [7, 11) is 0. The molecule has 0 aliphatic heterocycles. The van der Waals surface area contributed by atoms with Crippen LogP contribution in [0.5, 0.6) is 11.5 Å². The molecule has 8 heteroatoms. The number of halogens is 4. The average molecular weight is 370 g/mol. The molecule has 2 N–H and O–H groups in total. The van der Waals surface area contributed by atoms with Crippen molar-refractivity contribution in [2.24, 2.45) is 0 Å². The molecule has 0 fully saturated rings. The van der Waals surface area contributed by atoms with Gasteiger partial charge in [-0.3, -0.25) is 0 Å². The molecule has 0 atom stereocenters. The quantitative estimate of drug-likeness (QED) is 0.628. The van der Waals surface area contributed by atoms with Crippen LogP contribution in [0.15, 0.2) is 36.4 Å². The molecule has 2 aromatic carbocycles. The molecule has 0 saturated heterocycles. The molecule has 0 saturated carbocycles. The third-order valence-electron chi connectivity index (χ3n) is 3.64. The maximum absolute atomic E-state index is 13.0. The van der Waals surface area contributed by atoms with Crippen LogP contribution in [0.1, 0.15) is 21.6 Å². The van der Waals surface area contributed by atoms with E-state index in [4.69, 9.17) is 21.4 Å². The van der Waals surface area contributed by atoms with Crippen molar-refractivity contribution in [2.45, 2.75) is 13.1 Å². The number of aromatic carboxylic acids is 1. The Bertz CT molecular complexity index is 979. The van der Waals surface area contributed by atoms with Gasteiger partial charge < -0.3 is 14.8 Å². The average Bonchev–Trinajstić information content (AvgIpc) is 2.92. The summed E-state index contributed by atoms with van der Waals surface area (Å²) < 4.78 is 44.6. The van der Waals surface area contributed by atoms with Crippen molar-refractivity contribution in [2.75, 3.05) is 0 Å². The number of carboxylic acids is 1. The van der Waals surface area contributed by atoms with E-state index in [1.165, 1.54) is 37.3 Å². The molecule has 0 bridgehead atoms. The van der Waals surface area contributed by atoms with Gasteiger partial charge in [0.05, 0.1) is 11.1 Å². The van der Waals surface area contributed by atoms with Crippen molar-refractivity contribution >= 4 is 28.5 Å². The normalized spacial score (nSPS) is 11.7. The van der Waals surface area contributed by atoms with Gasteiger partial charge >= 0.3 is 12.1 Å². The summed E-state index contributed by atoms with van der Waals surface area (Å²) in [6, 6.07) is 7.86. The fourth-order valence-corrected chi connectivity index (χ4v) is 2.68. The molecule has 0 unspecified atom stereocenters. The van der Waals surface area contributed by atoms with Gasteiger partial charge in [0.2, 0.25) is 0 Å². The van der Waals surface area contributed by atoms with Crippen LogP contribution in [0, 0.1) is 6.92 Å². The maximum atomic E-state index is 13.0. The lowest BCUT2D eigenvalue weighted by Gasteiger charge is -2.13. The van der Waals surface area contributed by atoms with Crippen LogP contribution in [0.3, 0.4) is 0 Å². The number of fused-ring (bicyclic) bond motifs is 1. The smallest absolute Gasteiger partial charge is 0.416 e. The third-order valence-corrected chi connectivity index (χ3v) is 3.86. The Kier molecular flexibility index (Phi) is 4.12. The topological polar surface area (TPSA) is 62.3 Å². The number of nitrogens with one attached hydrogen (secondary N) is 1. The van der Waals surface area contributed by atoms with Gasteiger partial charge in [-0.1, -0.05) is 17.7 Å². The number of benzene rings is 2. The summed E-state index contributed by atoms with van der Waals surface area (Å²) in [6.07, 6.45) is -4.50. The molecule has 3 aromatic rings. The molecule has 0 radical (unpaired) electrons. The standard InChI is InChI=1S/C17H11ClF3NO3/c1-8-2-3-10(6-12(8)17(19,20)21)25-15-5-9(18)4-13-11(15)7-14(22-13)16(23)24/h2-7,22H,1H3,(H,23,24). The first-order valence-electron chi connectivity index (χ1n) is 7.06. The largest absolute Gasteiger partial charge is 0.477 e. The van der Waals surface area contributed by atoms with Crippen LogP contribution in [0.25, 0.3) is 10.9 Å². The Morgan fingerprint density at radius 2 is 1.92 bits per heavy atom. The van der Waals surface area contributed by atoms with Crippen LogP contribution < -0.4 is 4.74 Å². The number of alkyl halides is 3. The summed E-state index contributed by atoms with van der Waals surface area (Å²) in [5.41, 5.74) is -0.403. The monoisotopic (exact) mass is 369 g/mol. The van der Waals surface area contributed by atoms with Crippen molar-refractivity contribution in [1.82, 2.24) is 4.98 Å². The first-order valence-corrected chi connectivity index (χ1v) is 7.44. The van der Waals surface area contributed by atoms with E-state index >= 15 is 0 Å². The predicted octanol–water partition coefficient (Wildman–Crippen LogP) is 5.64. The highest BCUT2D eigenvalue weighted by atomic mass is 35.5. The summed E-state index contributed by atoms with van der Waals surface area (Å²) in [4.78, 5) is 13.8. The molecule has 0 spiro atoms. The third kappa shape index (κ3) is 3.41. The fraction of sp³-hybridized carbons (Fsp3) is 0.118. The van der Waals surface area contributed by atoms with E-state index in [9.17, 15) is 18.0 Å². The molecule has 1 heterocycles. The van der Waals surface area contributed by atoms with Gasteiger partial charge in [0, 0.05) is 16.5 Å². The fourth-order valence-electron chi connectivity index (χ4n) is 2.47. The Labute approximate surface area is 144 Å². The zero-order chi connectivity index (χ0) is 18.4. The lowest BCUT2D eigenvalue weighted by atomic mass is 10.1. The van der Waals surface area contributed by atoms with Crippen LogP contribution in [-0.2, 0) is 6.18 Å². The van der Waals surface area contributed by atoms with Crippen LogP contribution in [-0.4, -0.2) is 16.1 Å². The summed E-state index contributed by atoms with van der Waals surface area (Å²) >= 11 is 5.98. The first-order chi connectivity index (χ1) is 11.6. The number of hydrogen-bond donors (Lipinski definition) is 2. The Balaban J connectivity index is 2.08. The van der Waals surface area contributed by atoms with Crippen molar-refractivity contribution in [1.29, 1.82) is 0 Å². The van der Waals surface area contributed by atoms with Gasteiger partial charge in [-0.25, -0.2) is 4.79 Å². The maximum Gasteiger partial charge on any atom is 0.416 e. The minimum Gasteiger partial charge on any atom is -0.477 e. The minimum atomic E-state index is -4.50. The van der Waals surface area contributed by atoms with E-state index in [0.717, 1.165) is 6.07 Å². The second-order valence-electron chi connectivity index (χ2n) is 5.43. The van der Waals surface area contributed by atoms with Crippen LogP contribution in [0.2, 0.25) is 5.02 Å². The van der Waals surface area contributed by atoms with Crippen LogP contribution >= 0.6 is 11.6 Å². The Morgan fingerprint density at radius 3 is 2.56 bits per heavy atom. The second-order valence-corrected chi connectivity index (χ2v) is 5.87. The van der Waals surface area contributed by atoms with Gasteiger partial charge in [0.25, 0.3) is 0 Å². The van der Waals surface area contributed by atoms with E-state index in [1.807, 2.05) is 0 Å². The molecule has 0 amide bonds. The SMILES string of the molecule is Cc1ccc(Oc2cc(Cl)cc3[nH]c(C(=O)O)cc23)cc1C(F)(F)F. The molecule has 4 nitrogen and oxygen atoms in total. The summed E-state index contributed by atoms with van der Waals surface area (Å²) in [5, 5.41) is 9.72. The lowest BCUT2D eigenvalue weighted by Crippen LogP contribution is -2.07. The van der Waals surface area contributed by atoms with Gasteiger partial charge in [-0.2, -0.15) is 13.2 Å². The van der Waals surface area contributed by atoms with E-state index in [0.29, 0.717) is 10.9 Å². The molecular weight excluding hydrogens is 359 g/mol. The highest BCUT2D eigenvalue weighted by Gasteiger charge is 2.32. The zero-order valence-electron chi connectivity index (χ0n) is 12.7. The van der Waals surface area contributed by atoms with E-state index < -0.39 is 17.7 Å². The summed E-state index contributed by atoms with van der Waals surface area (Å²) in [5.74, 6) is -1.05. The molecule has 25 heavy (non-hydrogen) atoms. The molecule has 3 rings (SSSR count). The number of carbonyl (C=O) groups is 1. The van der Waals surface area contributed by atoms with Gasteiger partial charge in [0.1, 0.15) is 17.2 Å². The number of aromatic amines is 1. The second kappa shape index (κ2) is 6.00. The molecule has 130 valence electrons. The number of H-pyrrole nitrogens is 1. The number of aromatic nitrogens is 1. The lowest BCUT2D eigenvalue weighted by molar-refractivity contribution is -0.138. The first kappa shape index (κ1) is 17.2. The van der Waals surface area contributed by atoms with Crippen molar-refractivity contribution in [3.05, 3.63) is 58.2 Å². The number of ether oxygens (including phenoxy) is 1. The zero-order valence-corrected chi connectivity index (χ0v) is 13.5. The van der Waals surface area contributed by atoms with Crippen molar-refractivity contribution in [3.8, 4) is 11.5 Å². The predicted molar refractivity (Wildman–Crippen MR) is 86.5 cm³/mol. The van der Waals surface area contributed by atoms with Gasteiger partial charge in [-0.15, -0.1) is 0 Å². The van der Waals surface area contributed by atoms with E-state index in [1.54, 1.807) is 0 Å². The molecule has 0 aliphatic rings. The number of rotatable bonds is 3. The Hall–Kier alpha value is -2.67. The highest BCUT2D eigenvalue weighted by molar-refractivity contribution is 6.31. The van der Waals surface area contributed by atoms with Crippen LogP contribution in [0.4, 0.5) is 13.2 Å². The highest BCUT2D eigenvalue weighted by Crippen LogP contribution is 2.37.